The maximum Gasteiger partial charge on any atom is 0.241 e. The summed E-state index contributed by atoms with van der Waals surface area (Å²) in [6.07, 6.45) is 1.84. The average molecular weight is 317 g/mol. The van der Waals surface area contributed by atoms with Crippen LogP contribution in [0.2, 0.25) is 5.02 Å². The van der Waals surface area contributed by atoms with Gasteiger partial charge in [0.2, 0.25) is 5.91 Å². The minimum absolute atomic E-state index is 0.0399. The van der Waals surface area contributed by atoms with Crippen molar-refractivity contribution in [1.29, 1.82) is 0 Å². The van der Waals surface area contributed by atoms with E-state index in [0.717, 1.165) is 12.8 Å². The molecule has 1 aliphatic heterocycles. The molecule has 0 aliphatic carbocycles. The van der Waals surface area contributed by atoms with Gasteiger partial charge in [-0.1, -0.05) is 11.6 Å². The summed E-state index contributed by atoms with van der Waals surface area (Å²) in [5, 5.41) is -0.774. The second-order valence-electron chi connectivity index (χ2n) is 4.90. The number of anilines is 1. The Kier molecular flexibility index (Phi) is 4.25. The SMILES string of the molecule is CC(C(=O)N1CCCC1)S(=O)(=O)c1ccc(Cl)cc1N. The van der Waals surface area contributed by atoms with Gasteiger partial charge in [0.05, 0.1) is 10.6 Å². The predicted molar refractivity (Wildman–Crippen MR) is 78.3 cm³/mol. The van der Waals surface area contributed by atoms with Gasteiger partial charge in [0.25, 0.3) is 0 Å². The van der Waals surface area contributed by atoms with Crippen molar-refractivity contribution in [3.63, 3.8) is 0 Å². The summed E-state index contributed by atoms with van der Waals surface area (Å²) in [7, 11) is -3.80. The van der Waals surface area contributed by atoms with Crippen LogP contribution in [-0.2, 0) is 14.6 Å². The molecular weight excluding hydrogens is 300 g/mol. The fourth-order valence-corrected chi connectivity index (χ4v) is 3.92. The van der Waals surface area contributed by atoms with Crippen molar-refractivity contribution in [3.8, 4) is 0 Å². The Labute approximate surface area is 123 Å². The molecule has 0 saturated carbocycles. The quantitative estimate of drug-likeness (QED) is 0.861. The molecule has 1 saturated heterocycles. The standard InChI is InChI=1S/C13H17ClN2O3S/c1-9(13(17)16-6-2-3-7-16)20(18,19)12-5-4-10(14)8-11(12)15/h4-5,8-9H,2-3,6-7,15H2,1H3. The largest absolute Gasteiger partial charge is 0.398 e. The molecule has 0 spiro atoms. The van der Waals surface area contributed by atoms with Crippen LogP contribution in [0.4, 0.5) is 5.69 Å². The van der Waals surface area contributed by atoms with Gasteiger partial charge < -0.3 is 10.6 Å². The van der Waals surface area contributed by atoms with Gasteiger partial charge in [0, 0.05) is 18.1 Å². The number of benzene rings is 1. The van der Waals surface area contributed by atoms with E-state index in [1.165, 1.54) is 25.1 Å². The molecule has 1 amide bonds. The third kappa shape index (κ3) is 2.76. The molecule has 2 N–H and O–H groups in total. The summed E-state index contributed by atoms with van der Waals surface area (Å²) in [5.41, 5.74) is 5.78. The van der Waals surface area contributed by atoms with Crippen molar-refractivity contribution in [2.45, 2.75) is 29.9 Å². The van der Waals surface area contributed by atoms with E-state index in [2.05, 4.69) is 0 Å². The van der Waals surface area contributed by atoms with Gasteiger partial charge in [-0.3, -0.25) is 4.79 Å². The molecule has 1 atom stereocenters. The number of likely N-dealkylation sites (tertiary alicyclic amines) is 1. The van der Waals surface area contributed by atoms with Gasteiger partial charge in [-0.2, -0.15) is 0 Å². The Morgan fingerprint density at radius 1 is 1.35 bits per heavy atom. The van der Waals surface area contributed by atoms with Crippen molar-refractivity contribution >= 4 is 33.0 Å². The van der Waals surface area contributed by atoms with Crippen LogP contribution in [0.1, 0.15) is 19.8 Å². The third-order valence-electron chi connectivity index (χ3n) is 3.51. The van der Waals surface area contributed by atoms with E-state index in [1.807, 2.05) is 0 Å². The highest BCUT2D eigenvalue weighted by Gasteiger charge is 2.34. The van der Waals surface area contributed by atoms with Crippen molar-refractivity contribution < 1.29 is 13.2 Å². The number of carbonyl (C=O) groups excluding carboxylic acids is 1. The first-order valence-electron chi connectivity index (χ1n) is 6.42. The Morgan fingerprint density at radius 2 is 1.95 bits per heavy atom. The topological polar surface area (TPSA) is 80.5 Å². The summed E-state index contributed by atoms with van der Waals surface area (Å²) in [5.74, 6) is -0.364. The van der Waals surface area contributed by atoms with Crippen LogP contribution in [0, 0.1) is 0 Å². The van der Waals surface area contributed by atoms with Crippen LogP contribution >= 0.6 is 11.6 Å². The smallest absolute Gasteiger partial charge is 0.241 e. The molecule has 1 unspecified atom stereocenters. The van der Waals surface area contributed by atoms with Crippen LogP contribution < -0.4 is 5.73 Å². The molecule has 1 aromatic carbocycles. The highest BCUT2D eigenvalue weighted by molar-refractivity contribution is 7.93. The number of halogens is 1. The van der Waals surface area contributed by atoms with Crippen LogP contribution in [0.15, 0.2) is 23.1 Å². The van der Waals surface area contributed by atoms with E-state index in [0.29, 0.717) is 18.1 Å². The van der Waals surface area contributed by atoms with Crippen LogP contribution in [0.5, 0.6) is 0 Å². The van der Waals surface area contributed by atoms with Crippen molar-refractivity contribution in [2.24, 2.45) is 0 Å². The first-order valence-corrected chi connectivity index (χ1v) is 8.34. The maximum absolute atomic E-state index is 12.5. The van der Waals surface area contributed by atoms with Crippen molar-refractivity contribution in [1.82, 2.24) is 4.90 Å². The molecule has 1 aliphatic rings. The van der Waals surface area contributed by atoms with E-state index < -0.39 is 15.1 Å². The van der Waals surface area contributed by atoms with Crippen LogP contribution in [-0.4, -0.2) is 37.6 Å². The summed E-state index contributed by atoms with van der Waals surface area (Å²) < 4.78 is 25.0. The average Bonchev–Trinajstić information content (AvgIpc) is 2.90. The molecule has 0 bridgehead atoms. The lowest BCUT2D eigenvalue weighted by molar-refractivity contribution is -0.129. The van der Waals surface area contributed by atoms with Crippen LogP contribution in [0.25, 0.3) is 0 Å². The van der Waals surface area contributed by atoms with Crippen molar-refractivity contribution in [2.75, 3.05) is 18.8 Å². The zero-order valence-electron chi connectivity index (χ0n) is 11.2. The molecule has 20 heavy (non-hydrogen) atoms. The van der Waals surface area contributed by atoms with E-state index in [1.54, 1.807) is 4.90 Å². The first kappa shape index (κ1) is 15.1. The van der Waals surface area contributed by atoms with Crippen molar-refractivity contribution in [3.05, 3.63) is 23.2 Å². The molecule has 0 aromatic heterocycles. The molecule has 7 heteroatoms. The number of rotatable bonds is 3. The van der Waals surface area contributed by atoms with E-state index in [9.17, 15) is 13.2 Å². The Hall–Kier alpha value is -1.27. The number of nitrogens with zero attached hydrogens (tertiary/aromatic N) is 1. The minimum Gasteiger partial charge on any atom is -0.398 e. The summed E-state index contributed by atoms with van der Waals surface area (Å²) in [4.78, 5) is 13.8. The normalized spacial score (nSPS) is 17.2. The van der Waals surface area contributed by atoms with Gasteiger partial charge in [-0.25, -0.2) is 8.42 Å². The maximum atomic E-state index is 12.5. The lowest BCUT2D eigenvalue weighted by atomic mass is 10.3. The van der Waals surface area contributed by atoms with E-state index in [4.69, 9.17) is 17.3 Å². The highest BCUT2D eigenvalue weighted by atomic mass is 35.5. The number of carbonyl (C=O) groups is 1. The van der Waals surface area contributed by atoms with Gasteiger partial charge in [0.15, 0.2) is 9.84 Å². The molecule has 2 rings (SSSR count). The molecule has 1 heterocycles. The Balaban J connectivity index is 2.31. The number of hydrogen-bond acceptors (Lipinski definition) is 4. The lowest BCUT2D eigenvalue weighted by Crippen LogP contribution is -2.40. The molecule has 5 nitrogen and oxygen atoms in total. The molecule has 1 aromatic rings. The molecular formula is C13H17ClN2O3S. The van der Waals surface area contributed by atoms with Gasteiger partial charge in [0.1, 0.15) is 5.25 Å². The number of nitrogen functional groups attached to an aromatic ring is 1. The fraction of sp³-hybridized carbons (Fsp3) is 0.462. The number of hydrogen-bond donors (Lipinski definition) is 1. The van der Waals surface area contributed by atoms with Crippen LogP contribution in [0.3, 0.4) is 0 Å². The summed E-state index contributed by atoms with van der Waals surface area (Å²) in [6, 6.07) is 4.18. The summed E-state index contributed by atoms with van der Waals surface area (Å²) in [6.45, 7) is 2.65. The van der Waals surface area contributed by atoms with E-state index >= 15 is 0 Å². The molecule has 110 valence electrons. The van der Waals surface area contributed by atoms with Gasteiger partial charge in [-0.15, -0.1) is 0 Å². The predicted octanol–water partition coefficient (Wildman–Crippen LogP) is 1.71. The molecule has 0 radical (unpaired) electrons. The number of nitrogens with two attached hydrogens (primary N) is 1. The monoisotopic (exact) mass is 316 g/mol. The number of amides is 1. The van der Waals surface area contributed by atoms with Gasteiger partial charge in [-0.05, 0) is 38.0 Å². The Bertz CT molecular complexity index is 625. The summed E-state index contributed by atoms with van der Waals surface area (Å²) >= 11 is 5.76. The second kappa shape index (κ2) is 5.61. The van der Waals surface area contributed by atoms with E-state index in [-0.39, 0.29) is 16.5 Å². The minimum atomic E-state index is -3.80. The highest BCUT2D eigenvalue weighted by Crippen LogP contribution is 2.27. The zero-order chi connectivity index (χ0) is 14.9. The number of sulfone groups is 1. The Morgan fingerprint density at radius 3 is 2.50 bits per heavy atom. The second-order valence-corrected chi connectivity index (χ2v) is 7.58. The molecule has 1 fully saturated rings. The fourth-order valence-electron chi connectivity index (χ4n) is 2.30. The van der Waals surface area contributed by atoms with Gasteiger partial charge >= 0.3 is 0 Å². The third-order valence-corrected chi connectivity index (χ3v) is 5.86. The zero-order valence-corrected chi connectivity index (χ0v) is 12.7. The first-order chi connectivity index (χ1) is 9.34. The lowest BCUT2D eigenvalue weighted by Gasteiger charge is -2.21.